The molecule has 3 heteroatoms. The number of allylic oxidation sites excluding steroid dienone is 7. The largest absolute Gasteiger partial charge is 0.293 e. The van der Waals surface area contributed by atoms with Crippen LogP contribution in [-0.2, 0) is 0 Å². The second-order valence-corrected chi connectivity index (χ2v) is 5.19. The Balaban J connectivity index is 2.60. The maximum absolute atomic E-state index is 6.04. The van der Waals surface area contributed by atoms with Crippen LogP contribution in [0.15, 0.2) is 50.5 Å². The van der Waals surface area contributed by atoms with Crippen molar-refractivity contribution in [3.8, 4) is 0 Å². The SMILES string of the molecule is C/C=C(C)\C=N/CCC1=CC=C(Cl)C(Cl)=CC1C. The van der Waals surface area contributed by atoms with E-state index in [1.807, 2.05) is 38.3 Å². The molecular weight excluding hydrogens is 265 g/mol. The third kappa shape index (κ3) is 4.83. The molecule has 0 fully saturated rings. The van der Waals surface area contributed by atoms with Crippen molar-refractivity contribution in [3.63, 3.8) is 0 Å². The maximum Gasteiger partial charge on any atom is 0.0589 e. The summed E-state index contributed by atoms with van der Waals surface area (Å²) in [5, 5.41) is 1.23. The van der Waals surface area contributed by atoms with Gasteiger partial charge >= 0.3 is 0 Å². The first-order valence-corrected chi connectivity index (χ1v) is 6.87. The number of aliphatic imine (C=N–C) groups is 1. The van der Waals surface area contributed by atoms with Crippen LogP contribution in [0.25, 0.3) is 0 Å². The maximum atomic E-state index is 6.04. The van der Waals surface area contributed by atoms with Crippen LogP contribution in [0.3, 0.4) is 0 Å². The van der Waals surface area contributed by atoms with Crippen molar-refractivity contribution in [1.82, 2.24) is 0 Å². The minimum absolute atomic E-state index is 0.308. The second kappa shape index (κ2) is 7.60. The van der Waals surface area contributed by atoms with E-state index in [1.54, 1.807) is 0 Å². The van der Waals surface area contributed by atoms with Crippen molar-refractivity contribution in [2.45, 2.75) is 27.2 Å². The average Bonchev–Trinajstić information content (AvgIpc) is 2.46. The lowest BCUT2D eigenvalue weighted by Crippen LogP contribution is -1.98. The number of rotatable bonds is 4. The van der Waals surface area contributed by atoms with Gasteiger partial charge in [-0.15, -0.1) is 0 Å². The summed E-state index contributed by atoms with van der Waals surface area (Å²) in [6, 6.07) is 0. The summed E-state index contributed by atoms with van der Waals surface area (Å²) >= 11 is 12.0. The summed E-state index contributed by atoms with van der Waals surface area (Å²) in [4.78, 5) is 4.40. The highest BCUT2D eigenvalue weighted by Crippen LogP contribution is 2.28. The van der Waals surface area contributed by atoms with E-state index in [0.717, 1.165) is 13.0 Å². The lowest BCUT2D eigenvalue weighted by Gasteiger charge is -2.09. The highest BCUT2D eigenvalue weighted by atomic mass is 35.5. The van der Waals surface area contributed by atoms with Crippen LogP contribution in [0.2, 0.25) is 0 Å². The Morgan fingerprint density at radius 1 is 1.33 bits per heavy atom. The highest BCUT2D eigenvalue weighted by molar-refractivity contribution is 6.44. The van der Waals surface area contributed by atoms with Gasteiger partial charge in [0, 0.05) is 12.8 Å². The van der Waals surface area contributed by atoms with Gasteiger partial charge in [0.25, 0.3) is 0 Å². The van der Waals surface area contributed by atoms with E-state index in [1.165, 1.54) is 11.1 Å². The van der Waals surface area contributed by atoms with E-state index in [4.69, 9.17) is 23.2 Å². The zero-order valence-corrected chi connectivity index (χ0v) is 12.6. The summed E-state index contributed by atoms with van der Waals surface area (Å²) in [5.41, 5.74) is 2.49. The van der Waals surface area contributed by atoms with Gasteiger partial charge in [-0.2, -0.15) is 0 Å². The molecule has 1 nitrogen and oxygen atoms in total. The van der Waals surface area contributed by atoms with Crippen molar-refractivity contribution in [1.29, 1.82) is 0 Å². The van der Waals surface area contributed by atoms with Crippen molar-refractivity contribution in [3.05, 3.63) is 45.5 Å². The monoisotopic (exact) mass is 283 g/mol. The standard InChI is InChI=1S/C15H19Cl2N/c1-4-11(2)10-18-8-7-13-5-6-14(16)15(17)9-12(13)3/h4-6,9-10,12H,7-8H2,1-3H3/b11-4-,18-10-. The van der Waals surface area contributed by atoms with E-state index in [9.17, 15) is 0 Å². The molecule has 0 spiro atoms. The van der Waals surface area contributed by atoms with Crippen LogP contribution >= 0.6 is 23.2 Å². The second-order valence-electron chi connectivity index (χ2n) is 4.38. The summed E-state index contributed by atoms with van der Waals surface area (Å²) in [5.74, 6) is 0.308. The van der Waals surface area contributed by atoms with Crippen LogP contribution < -0.4 is 0 Å². The molecule has 0 aromatic carbocycles. The minimum Gasteiger partial charge on any atom is -0.293 e. The molecule has 1 atom stereocenters. The zero-order chi connectivity index (χ0) is 13.5. The molecule has 0 heterocycles. The Bertz CT molecular complexity index is 439. The Hall–Kier alpha value is -0.790. The smallest absolute Gasteiger partial charge is 0.0589 e. The summed E-state index contributed by atoms with van der Waals surface area (Å²) in [6.07, 6.45) is 10.8. The molecule has 0 radical (unpaired) electrons. The van der Waals surface area contributed by atoms with Gasteiger partial charge in [0.15, 0.2) is 0 Å². The molecule has 1 aliphatic rings. The minimum atomic E-state index is 0.308. The molecule has 0 aromatic heterocycles. The zero-order valence-electron chi connectivity index (χ0n) is 11.1. The Kier molecular flexibility index (Phi) is 6.45. The average molecular weight is 284 g/mol. The van der Waals surface area contributed by atoms with Crippen LogP contribution in [0.5, 0.6) is 0 Å². The molecule has 0 amide bonds. The topological polar surface area (TPSA) is 12.4 Å². The molecule has 0 N–H and O–H groups in total. The number of nitrogens with zero attached hydrogens (tertiary/aromatic N) is 1. The van der Waals surface area contributed by atoms with Gasteiger partial charge < -0.3 is 0 Å². The third-order valence-electron chi connectivity index (χ3n) is 2.93. The first kappa shape index (κ1) is 15.3. The molecule has 1 rings (SSSR count). The fraction of sp³-hybridized carbons (Fsp3) is 0.400. The van der Waals surface area contributed by atoms with Crippen molar-refractivity contribution >= 4 is 29.4 Å². The van der Waals surface area contributed by atoms with Crippen molar-refractivity contribution < 1.29 is 0 Å². The quantitative estimate of drug-likeness (QED) is 0.626. The molecule has 18 heavy (non-hydrogen) atoms. The van der Waals surface area contributed by atoms with Crippen LogP contribution in [0, 0.1) is 5.92 Å². The Morgan fingerprint density at radius 3 is 2.72 bits per heavy atom. The van der Waals surface area contributed by atoms with Gasteiger partial charge in [0.1, 0.15) is 0 Å². The predicted octanol–water partition coefficient (Wildman–Crippen LogP) is 5.24. The lowest BCUT2D eigenvalue weighted by molar-refractivity contribution is 0.781. The van der Waals surface area contributed by atoms with Gasteiger partial charge in [-0.3, -0.25) is 4.99 Å². The predicted molar refractivity (Wildman–Crippen MR) is 82.5 cm³/mol. The van der Waals surface area contributed by atoms with Gasteiger partial charge in [0.05, 0.1) is 10.1 Å². The fourth-order valence-corrected chi connectivity index (χ4v) is 1.98. The number of halogens is 2. The van der Waals surface area contributed by atoms with Gasteiger partial charge in [0.2, 0.25) is 0 Å². The first-order valence-electron chi connectivity index (χ1n) is 6.11. The Morgan fingerprint density at radius 2 is 2.06 bits per heavy atom. The van der Waals surface area contributed by atoms with E-state index < -0.39 is 0 Å². The summed E-state index contributed by atoms with van der Waals surface area (Å²) in [7, 11) is 0. The molecule has 0 aromatic rings. The fourth-order valence-electron chi connectivity index (χ4n) is 1.61. The molecular formula is C15H19Cl2N. The van der Waals surface area contributed by atoms with Gasteiger partial charge in [-0.25, -0.2) is 0 Å². The van der Waals surface area contributed by atoms with Crippen LogP contribution in [-0.4, -0.2) is 12.8 Å². The van der Waals surface area contributed by atoms with Crippen LogP contribution in [0.4, 0.5) is 0 Å². The molecule has 0 aliphatic heterocycles. The molecule has 0 saturated carbocycles. The molecule has 0 bridgehead atoms. The van der Waals surface area contributed by atoms with Gasteiger partial charge in [-0.05, 0) is 37.8 Å². The summed E-state index contributed by atoms with van der Waals surface area (Å²) in [6.45, 7) is 6.97. The van der Waals surface area contributed by atoms with E-state index >= 15 is 0 Å². The van der Waals surface area contributed by atoms with E-state index in [0.29, 0.717) is 16.0 Å². The van der Waals surface area contributed by atoms with Crippen molar-refractivity contribution in [2.24, 2.45) is 10.9 Å². The summed E-state index contributed by atoms with van der Waals surface area (Å²) < 4.78 is 0. The number of hydrogen-bond donors (Lipinski definition) is 0. The Labute approximate surface area is 120 Å². The third-order valence-corrected chi connectivity index (χ3v) is 3.69. The molecule has 1 aliphatic carbocycles. The van der Waals surface area contributed by atoms with E-state index in [2.05, 4.69) is 18.0 Å². The first-order chi connectivity index (χ1) is 8.54. The highest BCUT2D eigenvalue weighted by Gasteiger charge is 2.11. The lowest BCUT2D eigenvalue weighted by atomic mass is 9.98. The molecule has 98 valence electrons. The number of hydrogen-bond acceptors (Lipinski definition) is 1. The molecule has 0 saturated heterocycles. The van der Waals surface area contributed by atoms with E-state index in [-0.39, 0.29) is 0 Å². The van der Waals surface area contributed by atoms with Gasteiger partial charge in [-0.1, -0.05) is 53.9 Å². The van der Waals surface area contributed by atoms with Crippen molar-refractivity contribution in [2.75, 3.05) is 6.54 Å². The normalized spacial score (nSPS) is 21.5. The molecule has 1 unspecified atom stereocenters. The van der Waals surface area contributed by atoms with Crippen LogP contribution in [0.1, 0.15) is 27.2 Å².